The Balaban J connectivity index is 1.00. The molecule has 0 saturated heterocycles. The van der Waals surface area contributed by atoms with Crippen LogP contribution in [0, 0.1) is 0 Å². The Kier molecular flexibility index (Phi) is 8.39. The predicted octanol–water partition coefficient (Wildman–Crippen LogP) is 16.8. The molecule has 10 aromatic carbocycles. The molecule has 286 valence electrons. The Bertz CT molecular complexity index is 3560. The van der Waals surface area contributed by atoms with E-state index < -0.39 is 0 Å². The third-order valence-electron chi connectivity index (χ3n) is 12.2. The summed E-state index contributed by atoms with van der Waals surface area (Å²) in [6.45, 7) is 0. The number of aromatic nitrogens is 1. The molecule has 0 spiro atoms. The van der Waals surface area contributed by atoms with Crippen molar-refractivity contribution in [3.8, 4) is 39.1 Å². The summed E-state index contributed by atoms with van der Waals surface area (Å²) in [5, 5.41) is 7.61. The van der Waals surface area contributed by atoms with Gasteiger partial charge in [0.25, 0.3) is 0 Å². The number of anilines is 3. The highest BCUT2D eigenvalue weighted by Gasteiger charge is 2.21. The van der Waals surface area contributed by atoms with Crippen molar-refractivity contribution in [2.45, 2.75) is 0 Å². The highest BCUT2D eigenvalue weighted by atomic mass is 32.1. The lowest BCUT2D eigenvalue weighted by molar-refractivity contribution is 1.18. The summed E-state index contributed by atoms with van der Waals surface area (Å²) >= 11 is 1.88. The zero-order valence-corrected chi connectivity index (χ0v) is 34.1. The summed E-state index contributed by atoms with van der Waals surface area (Å²) in [5.41, 5.74) is 14.0. The molecular formula is C58H38N2S. The third kappa shape index (κ3) is 6.01. The van der Waals surface area contributed by atoms with E-state index in [1.807, 2.05) is 11.3 Å². The van der Waals surface area contributed by atoms with Crippen LogP contribution in [0.5, 0.6) is 0 Å². The Morgan fingerprint density at radius 2 is 0.934 bits per heavy atom. The minimum Gasteiger partial charge on any atom is -0.310 e. The van der Waals surface area contributed by atoms with Crippen LogP contribution in [0.2, 0.25) is 0 Å². The molecule has 0 bridgehead atoms. The van der Waals surface area contributed by atoms with E-state index in [4.69, 9.17) is 0 Å². The number of fused-ring (bicyclic) bond motifs is 7. The van der Waals surface area contributed by atoms with Gasteiger partial charge >= 0.3 is 0 Å². The van der Waals surface area contributed by atoms with Crippen LogP contribution in [0.4, 0.5) is 17.1 Å². The fourth-order valence-electron chi connectivity index (χ4n) is 9.30. The maximum atomic E-state index is 2.43. The van der Waals surface area contributed by atoms with Crippen LogP contribution in [0.1, 0.15) is 0 Å². The van der Waals surface area contributed by atoms with Crippen molar-refractivity contribution in [3.63, 3.8) is 0 Å². The Labute approximate surface area is 358 Å². The van der Waals surface area contributed by atoms with Gasteiger partial charge in [0.15, 0.2) is 0 Å². The Morgan fingerprint density at radius 1 is 0.344 bits per heavy atom. The first-order valence-electron chi connectivity index (χ1n) is 20.8. The molecule has 0 atom stereocenters. The van der Waals surface area contributed by atoms with Crippen LogP contribution < -0.4 is 4.90 Å². The van der Waals surface area contributed by atoms with Gasteiger partial charge in [0.2, 0.25) is 0 Å². The van der Waals surface area contributed by atoms with E-state index in [-0.39, 0.29) is 0 Å². The van der Waals surface area contributed by atoms with Crippen LogP contribution in [0.3, 0.4) is 0 Å². The molecule has 0 radical (unpaired) electrons. The zero-order chi connectivity index (χ0) is 40.3. The molecule has 0 fully saturated rings. The first kappa shape index (κ1) is 35.2. The zero-order valence-electron chi connectivity index (χ0n) is 33.2. The lowest BCUT2D eigenvalue weighted by atomic mass is 9.98. The molecule has 0 aliphatic heterocycles. The van der Waals surface area contributed by atoms with E-state index in [0.717, 1.165) is 22.7 Å². The molecule has 2 heterocycles. The van der Waals surface area contributed by atoms with Crippen molar-refractivity contribution < 1.29 is 0 Å². The molecule has 12 rings (SSSR count). The molecular weight excluding hydrogens is 757 g/mol. The van der Waals surface area contributed by atoms with Crippen LogP contribution in [-0.4, -0.2) is 4.57 Å². The number of nitrogens with zero attached hydrogens (tertiary/aromatic N) is 2. The van der Waals surface area contributed by atoms with E-state index in [1.165, 1.54) is 86.1 Å². The van der Waals surface area contributed by atoms with Crippen molar-refractivity contribution in [3.05, 3.63) is 231 Å². The van der Waals surface area contributed by atoms with Crippen molar-refractivity contribution in [1.82, 2.24) is 4.57 Å². The lowest BCUT2D eigenvalue weighted by Gasteiger charge is -2.28. The van der Waals surface area contributed by atoms with Gasteiger partial charge in [0.05, 0.1) is 16.7 Å². The summed E-state index contributed by atoms with van der Waals surface area (Å²) in [4.78, 5) is 2.43. The van der Waals surface area contributed by atoms with Crippen LogP contribution in [0.25, 0.3) is 91.8 Å². The first-order valence-corrected chi connectivity index (χ1v) is 21.6. The van der Waals surface area contributed by atoms with Gasteiger partial charge in [-0.05, 0) is 99.8 Å². The maximum Gasteiger partial charge on any atom is 0.0541 e. The quantitative estimate of drug-likeness (QED) is 0.156. The summed E-state index contributed by atoms with van der Waals surface area (Å²) in [6, 6.07) is 84.2. The highest BCUT2D eigenvalue weighted by Crippen LogP contribution is 2.46. The average molecular weight is 795 g/mol. The van der Waals surface area contributed by atoms with Crippen molar-refractivity contribution in [2.75, 3.05) is 4.90 Å². The third-order valence-corrected chi connectivity index (χ3v) is 13.4. The van der Waals surface area contributed by atoms with E-state index >= 15 is 0 Å². The smallest absolute Gasteiger partial charge is 0.0541 e. The van der Waals surface area contributed by atoms with Gasteiger partial charge < -0.3 is 9.47 Å². The Hall–Kier alpha value is -7.72. The van der Waals surface area contributed by atoms with Crippen molar-refractivity contribution >= 4 is 81.1 Å². The molecule has 3 heteroatoms. The van der Waals surface area contributed by atoms with Crippen molar-refractivity contribution in [1.29, 1.82) is 0 Å². The van der Waals surface area contributed by atoms with Crippen LogP contribution in [-0.2, 0) is 0 Å². The van der Waals surface area contributed by atoms with Gasteiger partial charge in [-0.3, -0.25) is 0 Å². The van der Waals surface area contributed by atoms with E-state index in [9.17, 15) is 0 Å². The minimum absolute atomic E-state index is 1.09. The number of hydrogen-bond donors (Lipinski definition) is 0. The summed E-state index contributed by atoms with van der Waals surface area (Å²) < 4.78 is 5.00. The number of benzene rings is 10. The predicted molar refractivity (Wildman–Crippen MR) is 262 cm³/mol. The summed E-state index contributed by atoms with van der Waals surface area (Å²) in [6.07, 6.45) is 0. The van der Waals surface area contributed by atoms with Crippen molar-refractivity contribution in [2.24, 2.45) is 0 Å². The molecule has 2 nitrogen and oxygen atoms in total. The SMILES string of the molecule is c1cc(-c2ccc3ccccc3c2)cc(N(c2ccc(-c3cccc(-n4c5ccccc5c5ccccc54)c3)cc2)c2ccccc2-c2cccc3c2sc2ccccc23)c1. The van der Waals surface area contributed by atoms with Gasteiger partial charge in [-0.15, -0.1) is 11.3 Å². The molecule has 0 aliphatic carbocycles. The second kappa shape index (κ2) is 14.5. The molecule has 12 aromatic rings. The number of para-hydroxylation sites is 3. The topological polar surface area (TPSA) is 8.17 Å². The minimum atomic E-state index is 1.09. The van der Waals surface area contributed by atoms with E-state index in [2.05, 4.69) is 240 Å². The largest absolute Gasteiger partial charge is 0.310 e. The monoisotopic (exact) mass is 794 g/mol. The van der Waals surface area contributed by atoms with Gasteiger partial charge in [-0.2, -0.15) is 0 Å². The van der Waals surface area contributed by atoms with Gasteiger partial charge in [-0.25, -0.2) is 0 Å². The average Bonchev–Trinajstić information content (AvgIpc) is 3.88. The molecule has 0 saturated carbocycles. The summed E-state index contributed by atoms with van der Waals surface area (Å²) in [5.74, 6) is 0. The molecule has 0 unspecified atom stereocenters. The van der Waals surface area contributed by atoms with Crippen LogP contribution >= 0.6 is 11.3 Å². The standard InChI is InChI=1S/C58H38N2S/c1-2-15-41-36-44(31-30-39(41)14-1)43-17-12-18-46(38-43)59(54-26-7-5-22-50(54)52-24-13-25-53-51-23-6-10-29-57(51)61-58(52)53)45-34-32-40(33-35-45)42-16-11-19-47(37-42)60-55-27-8-3-20-48(55)49-21-4-9-28-56(49)60/h1-38H. The van der Waals surface area contributed by atoms with Gasteiger partial charge in [0, 0.05) is 59.1 Å². The highest BCUT2D eigenvalue weighted by molar-refractivity contribution is 7.26. The normalized spacial score (nSPS) is 11.6. The van der Waals surface area contributed by atoms with Crippen LogP contribution in [0.15, 0.2) is 231 Å². The number of rotatable bonds is 7. The van der Waals surface area contributed by atoms with E-state index in [1.54, 1.807) is 0 Å². The second-order valence-corrected chi connectivity index (χ2v) is 16.8. The number of thiophene rings is 1. The molecule has 0 aliphatic rings. The molecule has 2 aromatic heterocycles. The Morgan fingerprint density at radius 3 is 1.75 bits per heavy atom. The first-order chi connectivity index (χ1) is 30.2. The van der Waals surface area contributed by atoms with E-state index in [0.29, 0.717) is 0 Å². The maximum absolute atomic E-state index is 2.43. The molecule has 0 N–H and O–H groups in total. The summed E-state index contributed by atoms with van der Waals surface area (Å²) in [7, 11) is 0. The fraction of sp³-hybridized carbons (Fsp3) is 0. The lowest BCUT2D eigenvalue weighted by Crippen LogP contribution is -2.11. The van der Waals surface area contributed by atoms with Gasteiger partial charge in [0.1, 0.15) is 0 Å². The number of hydrogen-bond acceptors (Lipinski definition) is 2. The second-order valence-electron chi connectivity index (χ2n) is 15.7. The molecule has 0 amide bonds. The van der Waals surface area contributed by atoms with Gasteiger partial charge in [-0.1, -0.05) is 164 Å². The molecule has 61 heavy (non-hydrogen) atoms. The fourth-order valence-corrected chi connectivity index (χ4v) is 10.5.